The first kappa shape index (κ1) is 23.1. The Bertz CT molecular complexity index is 1320. The SMILES string of the molecule is COc1cccc(N2C(=O)C(=O)/C(=C(/O)c3cc(C)c(OC)cc3C)C2c2ccccc2C)c1. The molecule has 0 bridgehead atoms. The molecule has 1 amide bonds. The predicted octanol–water partition coefficient (Wildman–Crippen LogP) is 5.26. The number of carbonyl (C=O) groups excluding carboxylic acids is 2. The average Bonchev–Trinajstić information content (AvgIpc) is 3.10. The Kier molecular flexibility index (Phi) is 6.16. The molecule has 34 heavy (non-hydrogen) atoms. The van der Waals surface area contributed by atoms with Gasteiger partial charge in [-0.1, -0.05) is 30.3 Å². The molecular formula is C28H27NO5. The van der Waals surface area contributed by atoms with E-state index in [0.717, 1.165) is 22.3 Å². The van der Waals surface area contributed by atoms with E-state index < -0.39 is 17.7 Å². The number of ether oxygens (including phenoxy) is 2. The van der Waals surface area contributed by atoms with E-state index in [1.54, 1.807) is 44.6 Å². The lowest BCUT2D eigenvalue weighted by molar-refractivity contribution is -0.132. The van der Waals surface area contributed by atoms with E-state index in [9.17, 15) is 14.7 Å². The lowest BCUT2D eigenvalue weighted by Crippen LogP contribution is -2.29. The van der Waals surface area contributed by atoms with Crippen molar-refractivity contribution < 1.29 is 24.2 Å². The Balaban J connectivity index is 1.99. The summed E-state index contributed by atoms with van der Waals surface area (Å²) in [6, 6.07) is 17.3. The molecule has 0 aromatic heterocycles. The third-order valence-electron chi connectivity index (χ3n) is 6.26. The average molecular weight is 458 g/mol. The summed E-state index contributed by atoms with van der Waals surface area (Å²) < 4.78 is 10.7. The molecule has 0 saturated carbocycles. The van der Waals surface area contributed by atoms with Gasteiger partial charge in [-0.3, -0.25) is 14.5 Å². The van der Waals surface area contributed by atoms with E-state index in [4.69, 9.17) is 9.47 Å². The van der Waals surface area contributed by atoms with Gasteiger partial charge < -0.3 is 14.6 Å². The van der Waals surface area contributed by atoms with Gasteiger partial charge in [0.25, 0.3) is 11.7 Å². The molecule has 6 nitrogen and oxygen atoms in total. The van der Waals surface area contributed by atoms with E-state index >= 15 is 0 Å². The summed E-state index contributed by atoms with van der Waals surface area (Å²) in [4.78, 5) is 28.2. The Morgan fingerprint density at radius 1 is 0.853 bits per heavy atom. The Labute approximate surface area is 199 Å². The van der Waals surface area contributed by atoms with Gasteiger partial charge in [0, 0.05) is 17.3 Å². The number of aliphatic hydroxyl groups excluding tert-OH is 1. The van der Waals surface area contributed by atoms with Crippen LogP contribution in [-0.2, 0) is 9.59 Å². The summed E-state index contributed by atoms with van der Waals surface area (Å²) >= 11 is 0. The van der Waals surface area contributed by atoms with Crippen molar-refractivity contribution in [3.8, 4) is 11.5 Å². The number of Topliss-reactive ketones (excluding diaryl/α,β-unsaturated/α-hetero) is 1. The van der Waals surface area contributed by atoms with Crippen molar-refractivity contribution in [3.05, 3.63) is 94.1 Å². The van der Waals surface area contributed by atoms with Crippen LogP contribution in [0.1, 0.15) is 33.9 Å². The fourth-order valence-corrected chi connectivity index (χ4v) is 4.46. The number of nitrogens with zero attached hydrogens (tertiary/aromatic N) is 1. The number of amides is 1. The monoisotopic (exact) mass is 457 g/mol. The van der Waals surface area contributed by atoms with Crippen molar-refractivity contribution >= 4 is 23.1 Å². The van der Waals surface area contributed by atoms with Crippen molar-refractivity contribution in [2.75, 3.05) is 19.1 Å². The Hall–Kier alpha value is -4.06. The molecule has 0 spiro atoms. The van der Waals surface area contributed by atoms with Gasteiger partial charge in [-0.25, -0.2) is 0 Å². The molecule has 3 aromatic rings. The van der Waals surface area contributed by atoms with Crippen LogP contribution >= 0.6 is 0 Å². The molecule has 0 radical (unpaired) electrons. The molecule has 0 aliphatic carbocycles. The minimum atomic E-state index is -0.796. The number of rotatable bonds is 5. The molecule has 1 saturated heterocycles. The second-order valence-corrected chi connectivity index (χ2v) is 8.36. The normalized spacial score (nSPS) is 17.2. The van der Waals surface area contributed by atoms with Gasteiger partial charge in [-0.05, 0) is 67.3 Å². The lowest BCUT2D eigenvalue weighted by atomic mass is 9.91. The lowest BCUT2D eigenvalue weighted by Gasteiger charge is -2.27. The fourth-order valence-electron chi connectivity index (χ4n) is 4.46. The predicted molar refractivity (Wildman–Crippen MR) is 131 cm³/mol. The van der Waals surface area contributed by atoms with E-state index in [2.05, 4.69) is 0 Å². The van der Waals surface area contributed by atoms with E-state index in [-0.39, 0.29) is 11.3 Å². The highest BCUT2D eigenvalue weighted by molar-refractivity contribution is 6.51. The molecule has 1 N–H and O–H groups in total. The van der Waals surface area contributed by atoms with Gasteiger partial charge in [-0.2, -0.15) is 0 Å². The highest BCUT2D eigenvalue weighted by Gasteiger charge is 2.47. The van der Waals surface area contributed by atoms with Crippen LogP contribution in [0.15, 0.2) is 66.2 Å². The standard InChI is InChI=1S/C28H27NO5/c1-16-9-6-7-12-21(16)25-24(26(30)22-13-18(3)23(34-5)14-17(22)2)27(31)28(32)29(25)19-10-8-11-20(15-19)33-4/h6-15,25,30H,1-5H3/b26-24+. The first-order valence-electron chi connectivity index (χ1n) is 10.9. The van der Waals surface area contributed by atoms with E-state index in [1.807, 2.05) is 51.1 Å². The molecule has 3 aromatic carbocycles. The third kappa shape index (κ3) is 3.81. The molecule has 1 unspecified atom stereocenters. The molecule has 1 heterocycles. The van der Waals surface area contributed by atoms with Crippen LogP contribution in [0.25, 0.3) is 5.76 Å². The second kappa shape index (κ2) is 9.06. The number of benzene rings is 3. The third-order valence-corrected chi connectivity index (χ3v) is 6.26. The molecule has 6 heteroatoms. The van der Waals surface area contributed by atoms with Gasteiger partial charge in [0.1, 0.15) is 17.3 Å². The molecular weight excluding hydrogens is 430 g/mol. The zero-order chi connectivity index (χ0) is 24.6. The minimum Gasteiger partial charge on any atom is -0.507 e. The van der Waals surface area contributed by atoms with Crippen LogP contribution in [-0.4, -0.2) is 31.0 Å². The number of aryl methyl sites for hydroxylation is 3. The molecule has 1 fully saturated rings. The number of hydrogen-bond acceptors (Lipinski definition) is 5. The number of aliphatic hydroxyl groups is 1. The molecule has 1 aliphatic rings. The van der Waals surface area contributed by atoms with Crippen LogP contribution in [0.2, 0.25) is 0 Å². The van der Waals surface area contributed by atoms with Crippen LogP contribution in [0, 0.1) is 20.8 Å². The zero-order valence-electron chi connectivity index (χ0n) is 19.9. The van der Waals surface area contributed by atoms with E-state index in [1.165, 1.54) is 4.90 Å². The summed E-state index contributed by atoms with van der Waals surface area (Å²) in [7, 11) is 3.12. The molecule has 1 atom stereocenters. The summed E-state index contributed by atoms with van der Waals surface area (Å²) in [6.45, 7) is 5.62. The molecule has 4 rings (SSSR count). The van der Waals surface area contributed by atoms with Gasteiger partial charge in [0.15, 0.2) is 0 Å². The number of anilines is 1. The second-order valence-electron chi connectivity index (χ2n) is 8.36. The Morgan fingerprint density at radius 2 is 1.59 bits per heavy atom. The number of hydrogen-bond donors (Lipinski definition) is 1. The summed E-state index contributed by atoms with van der Waals surface area (Å²) in [6.07, 6.45) is 0. The number of carbonyl (C=O) groups is 2. The van der Waals surface area contributed by atoms with Crippen molar-refractivity contribution in [2.45, 2.75) is 26.8 Å². The number of methoxy groups -OCH3 is 2. The van der Waals surface area contributed by atoms with E-state index in [0.29, 0.717) is 22.7 Å². The van der Waals surface area contributed by atoms with Crippen LogP contribution in [0.5, 0.6) is 11.5 Å². The van der Waals surface area contributed by atoms with Gasteiger partial charge in [-0.15, -0.1) is 0 Å². The van der Waals surface area contributed by atoms with Crippen molar-refractivity contribution in [2.24, 2.45) is 0 Å². The highest BCUT2D eigenvalue weighted by atomic mass is 16.5. The topological polar surface area (TPSA) is 76.1 Å². The highest BCUT2D eigenvalue weighted by Crippen LogP contribution is 2.44. The Morgan fingerprint density at radius 3 is 2.26 bits per heavy atom. The summed E-state index contributed by atoms with van der Waals surface area (Å²) in [5.74, 6) is -0.404. The number of ketones is 1. The maximum atomic E-state index is 13.4. The van der Waals surface area contributed by atoms with Crippen LogP contribution in [0.3, 0.4) is 0 Å². The first-order chi connectivity index (χ1) is 16.3. The van der Waals surface area contributed by atoms with Crippen molar-refractivity contribution in [3.63, 3.8) is 0 Å². The van der Waals surface area contributed by atoms with Crippen molar-refractivity contribution in [1.29, 1.82) is 0 Å². The van der Waals surface area contributed by atoms with Crippen LogP contribution < -0.4 is 14.4 Å². The minimum absolute atomic E-state index is 0.0507. The molecule has 174 valence electrons. The maximum absolute atomic E-state index is 13.4. The van der Waals surface area contributed by atoms with Crippen molar-refractivity contribution in [1.82, 2.24) is 0 Å². The van der Waals surface area contributed by atoms with Gasteiger partial charge >= 0.3 is 0 Å². The smallest absolute Gasteiger partial charge is 0.300 e. The van der Waals surface area contributed by atoms with Gasteiger partial charge in [0.2, 0.25) is 0 Å². The zero-order valence-corrected chi connectivity index (χ0v) is 19.9. The maximum Gasteiger partial charge on any atom is 0.300 e. The fraction of sp³-hybridized carbons (Fsp3) is 0.214. The first-order valence-corrected chi connectivity index (χ1v) is 10.9. The quantitative estimate of drug-likeness (QED) is 0.322. The largest absolute Gasteiger partial charge is 0.507 e. The summed E-state index contributed by atoms with van der Waals surface area (Å²) in [5.41, 5.74) is 4.25. The van der Waals surface area contributed by atoms with Gasteiger partial charge in [0.05, 0.1) is 25.8 Å². The summed E-state index contributed by atoms with van der Waals surface area (Å²) in [5, 5.41) is 11.5. The van der Waals surface area contributed by atoms with Crippen LogP contribution in [0.4, 0.5) is 5.69 Å². The molecule has 1 aliphatic heterocycles.